The van der Waals surface area contributed by atoms with Crippen LogP contribution in [-0.2, 0) is 11.3 Å². The van der Waals surface area contributed by atoms with Crippen molar-refractivity contribution in [2.24, 2.45) is 0 Å². The summed E-state index contributed by atoms with van der Waals surface area (Å²) in [6, 6.07) is 15.3. The highest BCUT2D eigenvalue weighted by Gasteiger charge is 2.31. The predicted molar refractivity (Wildman–Crippen MR) is 115 cm³/mol. The molecule has 1 fully saturated rings. The number of aromatic nitrogens is 1. The molecular formula is C23H26N4O3. The summed E-state index contributed by atoms with van der Waals surface area (Å²) in [5, 5.41) is 2.19. The van der Waals surface area contributed by atoms with Crippen LogP contribution in [0.25, 0.3) is 10.8 Å². The van der Waals surface area contributed by atoms with Crippen LogP contribution in [0.15, 0.2) is 60.9 Å². The lowest BCUT2D eigenvalue weighted by Gasteiger charge is -2.21. The molecule has 1 aromatic heterocycles. The molecule has 30 heavy (non-hydrogen) atoms. The quantitative estimate of drug-likeness (QED) is 0.628. The number of nitrogens with zero attached hydrogens (tertiary/aromatic N) is 2. The maximum atomic E-state index is 12.9. The van der Waals surface area contributed by atoms with Crippen LogP contribution in [0.3, 0.4) is 0 Å². The molecule has 2 N–H and O–H groups in total. The smallest absolute Gasteiger partial charge is 0.241 e. The number of fused-ring (bicyclic) bond motifs is 1. The fourth-order valence-corrected chi connectivity index (χ4v) is 3.71. The predicted octanol–water partition coefficient (Wildman–Crippen LogP) is 2.52. The lowest BCUT2D eigenvalue weighted by atomic mass is 10.1. The molecule has 156 valence electrons. The minimum Gasteiger partial charge on any atom is -0.497 e. The first-order valence-corrected chi connectivity index (χ1v) is 9.98. The highest BCUT2D eigenvalue weighted by molar-refractivity contribution is 5.86. The molecule has 0 spiro atoms. The molecule has 2 heterocycles. The number of pyridine rings is 1. The standard InChI is InChI=1S/C23H26N4O3/c1-27(14-17-6-3-5-16-13-24-10-9-21(16)17)23(28)22-11-18(25-26-22)15-30-20-8-4-7-19(12-20)29-2/h3-10,12-13,18,22,25-26H,11,14-15H2,1-2H3. The van der Waals surface area contributed by atoms with Gasteiger partial charge in [0.2, 0.25) is 5.91 Å². The van der Waals surface area contributed by atoms with Crippen LogP contribution < -0.4 is 20.3 Å². The third-order valence-corrected chi connectivity index (χ3v) is 5.33. The molecule has 2 atom stereocenters. The van der Waals surface area contributed by atoms with Crippen LogP contribution in [0, 0.1) is 0 Å². The minimum absolute atomic E-state index is 0.0437. The van der Waals surface area contributed by atoms with E-state index in [-0.39, 0.29) is 18.0 Å². The lowest BCUT2D eigenvalue weighted by Crippen LogP contribution is -2.44. The molecule has 0 saturated carbocycles. The number of methoxy groups -OCH3 is 1. The van der Waals surface area contributed by atoms with Gasteiger partial charge < -0.3 is 14.4 Å². The summed E-state index contributed by atoms with van der Waals surface area (Å²) < 4.78 is 11.1. The number of hydrogen-bond acceptors (Lipinski definition) is 6. The van der Waals surface area contributed by atoms with E-state index in [1.54, 1.807) is 18.2 Å². The second kappa shape index (κ2) is 9.11. The first-order valence-electron chi connectivity index (χ1n) is 9.98. The second-order valence-corrected chi connectivity index (χ2v) is 7.47. The molecule has 0 bridgehead atoms. The van der Waals surface area contributed by atoms with Gasteiger partial charge in [0, 0.05) is 37.4 Å². The summed E-state index contributed by atoms with van der Waals surface area (Å²) in [5.41, 5.74) is 7.39. The average Bonchev–Trinajstić information content (AvgIpc) is 3.26. The Morgan fingerprint density at radius 3 is 2.87 bits per heavy atom. The SMILES string of the molecule is COc1cccc(OCC2CC(C(=O)N(C)Cc3cccc4cnccc34)NN2)c1. The van der Waals surface area contributed by atoms with Crippen LogP contribution in [0.5, 0.6) is 11.5 Å². The van der Waals surface area contributed by atoms with E-state index in [2.05, 4.69) is 21.9 Å². The van der Waals surface area contributed by atoms with Gasteiger partial charge in [-0.1, -0.05) is 24.3 Å². The van der Waals surface area contributed by atoms with Crippen LogP contribution in [0.2, 0.25) is 0 Å². The van der Waals surface area contributed by atoms with Gasteiger partial charge in [0.1, 0.15) is 24.1 Å². The zero-order chi connectivity index (χ0) is 20.9. The van der Waals surface area contributed by atoms with Crippen molar-refractivity contribution in [1.82, 2.24) is 20.7 Å². The van der Waals surface area contributed by atoms with Crippen molar-refractivity contribution in [1.29, 1.82) is 0 Å². The number of carbonyl (C=O) groups excluding carboxylic acids is 1. The number of rotatable bonds is 7. The molecule has 2 unspecified atom stereocenters. The topological polar surface area (TPSA) is 75.7 Å². The summed E-state index contributed by atoms with van der Waals surface area (Å²) in [7, 11) is 3.47. The van der Waals surface area contributed by atoms with Gasteiger partial charge in [-0.05, 0) is 35.6 Å². The Morgan fingerprint density at radius 1 is 1.17 bits per heavy atom. The molecule has 1 amide bonds. The summed E-state index contributed by atoms with van der Waals surface area (Å²) in [5.74, 6) is 1.55. The van der Waals surface area contributed by atoms with Crippen LogP contribution in [0.1, 0.15) is 12.0 Å². The van der Waals surface area contributed by atoms with Crippen LogP contribution in [-0.4, -0.2) is 48.6 Å². The first-order chi connectivity index (χ1) is 14.6. The van der Waals surface area contributed by atoms with Gasteiger partial charge in [0.15, 0.2) is 0 Å². The fraction of sp³-hybridized carbons (Fsp3) is 0.304. The monoisotopic (exact) mass is 406 g/mol. The first kappa shape index (κ1) is 20.1. The number of ether oxygens (including phenoxy) is 2. The van der Waals surface area contributed by atoms with Gasteiger partial charge in [0.25, 0.3) is 0 Å². The van der Waals surface area contributed by atoms with Crippen molar-refractivity contribution < 1.29 is 14.3 Å². The molecule has 3 aromatic rings. The summed E-state index contributed by atoms with van der Waals surface area (Å²) >= 11 is 0. The van der Waals surface area contributed by atoms with E-state index in [4.69, 9.17) is 9.47 Å². The highest BCUT2D eigenvalue weighted by atomic mass is 16.5. The van der Waals surface area contributed by atoms with Crippen molar-refractivity contribution >= 4 is 16.7 Å². The molecule has 4 rings (SSSR count). The van der Waals surface area contributed by atoms with Crippen molar-refractivity contribution in [3.8, 4) is 11.5 Å². The van der Waals surface area contributed by atoms with Crippen molar-refractivity contribution in [3.63, 3.8) is 0 Å². The van der Waals surface area contributed by atoms with Gasteiger partial charge in [-0.2, -0.15) is 0 Å². The molecule has 7 heteroatoms. The van der Waals surface area contributed by atoms with Gasteiger partial charge >= 0.3 is 0 Å². The van der Waals surface area contributed by atoms with Crippen molar-refractivity contribution in [2.75, 3.05) is 20.8 Å². The maximum Gasteiger partial charge on any atom is 0.241 e. The molecule has 0 aliphatic carbocycles. The Hall–Kier alpha value is -3.16. The normalized spacial score (nSPS) is 18.3. The number of likely N-dealkylation sites (N-methyl/N-ethyl adjacent to an activating group) is 1. The number of amides is 1. The number of carbonyl (C=O) groups is 1. The maximum absolute atomic E-state index is 12.9. The molecule has 7 nitrogen and oxygen atoms in total. The molecule has 1 aliphatic heterocycles. The highest BCUT2D eigenvalue weighted by Crippen LogP contribution is 2.21. The molecule has 1 aliphatic rings. The Morgan fingerprint density at radius 2 is 2.00 bits per heavy atom. The van der Waals surface area contributed by atoms with E-state index in [0.29, 0.717) is 19.6 Å². The zero-order valence-electron chi connectivity index (χ0n) is 17.2. The third kappa shape index (κ3) is 4.53. The van der Waals surface area contributed by atoms with E-state index in [9.17, 15) is 4.79 Å². The lowest BCUT2D eigenvalue weighted by molar-refractivity contribution is -0.132. The Bertz CT molecular complexity index is 1020. The van der Waals surface area contributed by atoms with Gasteiger partial charge in [-0.25, -0.2) is 5.43 Å². The van der Waals surface area contributed by atoms with E-state index in [1.807, 2.05) is 55.7 Å². The van der Waals surface area contributed by atoms with Gasteiger partial charge in [-0.15, -0.1) is 0 Å². The number of benzene rings is 2. The minimum atomic E-state index is -0.287. The Balaban J connectivity index is 1.32. The summed E-state index contributed by atoms with van der Waals surface area (Å²) in [6.45, 7) is 1.01. The number of hydrogen-bond donors (Lipinski definition) is 2. The van der Waals surface area contributed by atoms with Crippen LogP contribution in [0.4, 0.5) is 0 Å². The van der Waals surface area contributed by atoms with E-state index < -0.39 is 0 Å². The third-order valence-electron chi connectivity index (χ3n) is 5.33. The van der Waals surface area contributed by atoms with Gasteiger partial charge in [-0.3, -0.25) is 15.2 Å². The number of hydrazine groups is 1. The zero-order valence-corrected chi connectivity index (χ0v) is 17.2. The second-order valence-electron chi connectivity index (χ2n) is 7.47. The average molecular weight is 406 g/mol. The summed E-state index contributed by atoms with van der Waals surface area (Å²) in [4.78, 5) is 18.9. The van der Waals surface area contributed by atoms with Gasteiger partial charge in [0.05, 0.1) is 13.2 Å². The van der Waals surface area contributed by atoms with Crippen molar-refractivity contribution in [3.05, 3.63) is 66.5 Å². The number of nitrogens with one attached hydrogen (secondary N) is 2. The Labute approximate surface area is 176 Å². The largest absolute Gasteiger partial charge is 0.497 e. The van der Waals surface area contributed by atoms with E-state index >= 15 is 0 Å². The molecule has 2 aromatic carbocycles. The van der Waals surface area contributed by atoms with E-state index in [1.165, 1.54) is 0 Å². The fourth-order valence-electron chi connectivity index (χ4n) is 3.71. The molecular weight excluding hydrogens is 380 g/mol. The van der Waals surface area contributed by atoms with Crippen LogP contribution >= 0.6 is 0 Å². The summed E-state index contributed by atoms with van der Waals surface area (Å²) in [6.07, 6.45) is 4.28. The Kier molecular flexibility index (Phi) is 6.11. The molecule has 0 radical (unpaired) electrons. The molecule has 1 saturated heterocycles. The van der Waals surface area contributed by atoms with E-state index in [0.717, 1.165) is 27.8 Å². The van der Waals surface area contributed by atoms with Crippen molar-refractivity contribution in [2.45, 2.75) is 25.0 Å².